The first-order valence-electron chi connectivity index (χ1n) is 6.96. The number of para-hydroxylation sites is 1. The van der Waals surface area contributed by atoms with Gasteiger partial charge in [-0.3, -0.25) is 0 Å². The molecule has 0 heterocycles. The van der Waals surface area contributed by atoms with Crippen LogP contribution in [0, 0.1) is 0 Å². The number of alkyl halides is 3. The van der Waals surface area contributed by atoms with Gasteiger partial charge in [-0.05, 0) is 39.3 Å². The molecule has 1 aromatic carbocycles. The summed E-state index contributed by atoms with van der Waals surface area (Å²) in [4.78, 5) is 11.4. The van der Waals surface area contributed by atoms with Crippen LogP contribution in [0.3, 0.4) is 0 Å². The zero-order valence-electron chi connectivity index (χ0n) is 12.9. The summed E-state index contributed by atoms with van der Waals surface area (Å²) in [5.41, 5.74) is -1.24. The van der Waals surface area contributed by atoms with Crippen molar-refractivity contribution < 1.29 is 22.7 Å². The second-order valence-corrected chi connectivity index (χ2v) is 5.75. The lowest BCUT2D eigenvalue weighted by atomic mass is 10.1. The summed E-state index contributed by atoms with van der Waals surface area (Å²) in [5.74, 6) is 0. The van der Waals surface area contributed by atoms with Gasteiger partial charge in [-0.2, -0.15) is 13.2 Å². The number of anilines is 1. The molecular weight excluding hydrogens is 297 g/mol. The first-order chi connectivity index (χ1) is 10.1. The van der Waals surface area contributed by atoms with Crippen LogP contribution >= 0.6 is 0 Å². The number of hydrogen-bond acceptors (Lipinski definition) is 3. The third kappa shape index (κ3) is 6.69. The van der Waals surface area contributed by atoms with Crippen LogP contribution in [0.1, 0.15) is 32.8 Å². The summed E-state index contributed by atoms with van der Waals surface area (Å²) in [7, 11) is 0. The molecule has 0 bridgehead atoms. The van der Waals surface area contributed by atoms with E-state index in [0.717, 1.165) is 6.07 Å². The third-order valence-electron chi connectivity index (χ3n) is 2.57. The molecule has 0 aliphatic heterocycles. The Kier molecular flexibility index (Phi) is 6.08. The number of alkyl carbamates (subject to hydrolysis) is 1. The van der Waals surface area contributed by atoms with Crippen molar-refractivity contribution >= 4 is 11.8 Å². The van der Waals surface area contributed by atoms with Gasteiger partial charge in [0.25, 0.3) is 0 Å². The smallest absolute Gasteiger partial charge is 0.418 e. The van der Waals surface area contributed by atoms with E-state index >= 15 is 0 Å². The molecule has 0 radical (unpaired) electrons. The number of benzene rings is 1. The molecule has 0 aromatic heterocycles. The highest BCUT2D eigenvalue weighted by atomic mass is 19.4. The van der Waals surface area contributed by atoms with Crippen molar-refractivity contribution in [3.63, 3.8) is 0 Å². The maximum absolute atomic E-state index is 12.8. The predicted octanol–water partition coefficient (Wildman–Crippen LogP) is 4.03. The van der Waals surface area contributed by atoms with E-state index in [0.29, 0.717) is 19.5 Å². The Bertz CT molecular complexity index is 496. The summed E-state index contributed by atoms with van der Waals surface area (Å²) in [6, 6.07) is 5.29. The van der Waals surface area contributed by atoms with E-state index < -0.39 is 23.4 Å². The maximum Gasteiger partial charge on any atom is 0.418 e. The fourth-order valence-electron chi connectivity index (χ4n) is 1.70. The number of nitrogens with one attached hydrogen (secondary N) is 2. The number of halogens is 3. The van der Waals surface area contributed by atoms with Crippen LogP contribution in [0.5, 0.6) is 0 Å². The van der Waals surface area contributed by atoms with E-state index in [9.17, 15) is 18.0 Å². The van der Waals surface area contributed by atoms with E-state index in [1.54, 1.807) is 20.8 Å². The van der Waals surface area contributed by atoms with Crippen molar-refractivity contribution in [3.05, 3.63) is 29.8 Å². The molecule has 0 atom stereocenters. The Morgan fingerprint density at radius 3 is 2.36 bits per heavy atom. The molecule has 4 nitrogen and oxygen atoms in total. The van der Waals surface area contributed by atoms with Crippen LogP contribution in [0.15, 0.2) is 24.3 Å². The van der Waals surface area contributed by atoms with E-state index in [2.05, 4.69) is 10.6 Å². The Morgan fingerprint density at radius 1 is 1.14 bits per heavy atom. The molecule has 1 amide bonds. The number of hydrogen-bond donors (Lipinski definition) is 2. The molecular formula is C15H21F3N2O2. The van der Waals surface area contributed by atoms with Crippen molar-refractivity contribution in [3.8, 4) is 0 Å². The molecule has 0 saturated heterocycles. The van der Waals surface area contributed by atoms with Gasteiger partial charge in [-0.15, -0.1) is 0 Å². The SMILES string of the molecule is CC(C)(C)OC(=O)NCCCNc1ccccc1C(F)(F)F. The van der Waals surface area contributed by atoms with Crippen molar-refractivity contribution in [2.24, 2.45) is 0 Å². The highest BCUT2D eigenvalue weighted by Gasteiger charge is 2.32. The lowest BCUT2D eigenvalue weighted by Crippen LogP contribution is -2.33. The van der Waals surface area contributed by atoms with Crippen LogP contribution in [0.4, 0.5) is 23.7 Å². The van der Waals surface area contributed by atoms with Gasteiger partial charge >= 0.3 is 12.3 Å². The summed E-state index contributed by atoms with van der Waals surface area (Å²) < 4.78 is 43.4. The average Bonchev–Trinajstić information content (AvgIpc) is 2.35. The summed E-state index contributed by atoms with van der Waals surface area (Å²) in [6.45, 7) is 5.88. The highest BCUT2D eigenvalue weighted by molar-refractivity contribution is 5.67. The fraction of sp³-hybridized carbons (Fsp3) is 0.533. The molecule has 1 rings (SSSR count). The monoisotopic (exact) mass is 318 g/mol. The van der Waals surface area contributed by atoms with Gasteiger partial charge in [0.15, 0.2) is 0 Å². The zero-order valence-corrected chi connectivity index (χ0v) is 12.9. The Balaban J connectivity index is 2.36. The Labute approximate surface area is 128 Å². The first-order valence-corrected chi connectivity index (χ1v) is 6.96. The molecule has 22 heavy (non-hydrogen) atoms. The van der Waals surface area contributed by atoms with Crippen LogP contribution in [0.25, 0.3) is 0 Å². The number of rotatable bonds is 5. The van der Waals surface area contributed by atoms with Crippen LogP contribution in [0.2, 0.25) is 0 Å². The second kappa shape index (κ2) is 7.38. The van der Waals surface area contributed by atoms with E-state index in [-0.39, 0.29) is 5.69 Å². The number of carbonyl (C=O) groups is 1. The normalized spacial score (nSPS) is 11.9. The number of ether oxygens (including phenoxy) is 1. The predicted molar refractivity (Wildman–Crippen MR) is 78.8 cm³/mol. The van der Waals surface area contributed by atoms with Crippen molar-refractivity contribution in [2.45, 2.75) is 39.0 Å². The quantitative estimate of drug-likeness (QED) is 0.806. The molecule has 0 unspecified atom stereocenters. The summed E-state index contributed by atoms with van der Waals surface area (Å²) in [6.07, 6.45) is -4.45. The molecule has 0 aliphatic rings. The summed E-state index contributed by atoms with van der Waals surface area (Å²) in [5, 5.41) is 5.28. The van der Waals surface area contributed by atoms with Gasteiger partial charge in [0, 0.05) is 18.8 Å². The fourth-order valence-corrected chi connectivity index (χ4v) is 1.70. The van der Waals surface area contributed by atoms with Gasteiger partial charge in [0.05, 0.1) is 5.56 Å². The van der Waals surface area contributed by atoms with Crippen LogP contribution in [-0.4, -0.2) is 24.8 Å². The minimum Gasteiger partial charge on any atom is -0.444 e. The van der Waals surface area contributed by atoms with Gasteiger partial charge in [-0.25, -0.2) is 4.79 Å². The van der Waals surface area contributed by atoms with Crippen molar-refractivity contribution in [1.82, 2.24) is 5.32 Å². The number of carbonyl (C=O) groups excluding carboxylic acids is 1. The van der Waals surface area contributed by atoms with Gasteiger partial charge in [0.2, 0.25) is 0 Å². The average molecular weight is 318 g/mol. The topological polar surface area (TPSA) is 50.4 Å². The van der Waals surface area contributed by atoms with Crippen molar-refractivity contribution in [1.29, 1.82) is 0 Å². The number of amides is 1. The van der Waals surface area contributed by atoms with Crippen LogP contribution in [-0.2, 0) is 10.9 Å². The standard InChI is InChI=1S/C15H21F3N2O2/c1-14(2,3)22-13(21)20-10-6-9-19-12-8-5-4-7-11(12)15(16,17)18/h4-5,7-8,19H,6,9-10H2,1-3H3,(H,20,21). The van der Waals surface area contributed by atoms with E-state index in [1.807, 2.05) is 0 Å². The maximum atomic E-state index is 12.8. The van der Waals surface area contributed by atoms with Crippen molar-refractivity contribution in [2.75, 3.05) is 18.4 Å². The third-order valence-corrected chi connectivity index (χ3v) is 2.57. The Morgan fingerprint density at radius 2 is 1.77 bits per heavy atom. The van der Waals surface area contributed by atoms with Gasteiger partial charge in [-0.1, -0.05) is 12.1 Å². The summed E-state index contributed by atoms with van der Waals surface area (Å²) >= 11 is 0. The molecule has 0 saturated carbocycles. The molecule has 124 valence electrons. The molecule has 0 spiro atoms. The first kappa shape index (κ1) is 18.1. The van der Waals surface area contributed by atoms with Gasteiger partial charge < -0.3 is 15.4 Å². The molecule has 1 aromatic rings. The molecule has 0 fully saturated rings. The molecule has 2 N–H and O–H groups in total. The second-order valence-electron chi connectivity index (χ2n) is 5.75. The lowest BCUT2D eigenvalue weighted by Gasteiger charge is -2.19. The van der Waals surface area contributed by atoms with Crippen LogP contribution < -0.4 is 10.6 Å². The van der Waals surface area contributed by atoms with Gasteiger partial charge in [0.1, 0.15) is 5.60 Å². The largest absolute Gasteiger partial charge is 0.444 e. The zero-order chi connectivity index (χ0) is 16.8. The minimum absolute atomic E-state index is 0.0345. The molecule has 0 aliphatic carbocycles. The lowest BCUT2D eigenvalue weighted by molar-refractivity contribution is -0.136. The highest BCUT2D eigenvalue weighted by Crippen LogP contribution is 2.34. The minimum atomic E-state index is -4.39. The van der Waals surface area contributed by atoms with E-state index in [4.69, 9.17) is 4.74 Å². The molecule has 7 heteroatoms. The van der Waals surface area contributed by atoms with E-state index in [1.165, 1.54) is 18.2 Å². The Hall–Kier alpha value is -1.92.